The summed E-state index contributed by atoms with van der Waals surface area (Å²) in [7, 11) is 0. The van der Waals surface area contributed by atoms with Crippen LogP contribution in [0, 0.1) is 11.8 Å². The summed E-state index contributed by atoms with van der Waals surface area (Å²) in [6.07, 6.45) is 5.15. The second kappa shape index (κ2) is 5.93. The fourth-order valence-electron chi connectivity index (χ4n) is 3.24. The van der Waals surface area contributed by atoms with Crippen LogP contribution < -0.4 is 5.32 Å². The molecule has 0 bridgehead atoms. The van der Waals surface area contributed by atoms with Gasteiger partial charge in [0.15, 0.2) is 0 Å². The van der Waals surface area contributed by atoms with Gasteiger partial charge in [0.1, 0.15) is 0 Å². The maximum Gasteiger partial charge on any atom is 0.225 e. The lowest BCUT2D eigenvalue weighted by Gasteiger charge is -2.30. The molecule has 1 saturated heterocycles. The molecule has 0 aromatic rings. The van der Waals surface area contributed by atoms with E-state index in [0.717, 1.165) is 6.42 Å². The van der Waals surface area contributed by atoms with Crippen molar-refractivity contribution < 1.29 is 9.59 Å². The standard InChI is InChI=1S/C15H26N2O2/c1-10(2)17-9-12(8-14(17)18)15(19)16-13-7-5-4-6-11(13)3/h10-13H,4-9H2,1-3H3,(H,16,19)/t11-,12-,13-/m1/s1. The lowest BCUT2D eigenvalue weighted by atomic mass is 9.85. The van der Waals surface area contributed by atoms with Gasteiger partial charge in [-0.3, -0.25) is 9.59 Å². The maximum absolute atomic E-state index is 12.3. The fraction of sp³-hybridized carbons (Fsp3) is 0.867. The zero-order chi connectivity index (χ0) is 14.0. The highest BCUT2D eigenvalue weighted by Crippen LogP contribution is 2.25. The second-order valence-corrected chi connectivity index (χ2v) is 6.42. The van der Waals surface area contributed by atoms with Gasteiger partial charge in [-0.15, -0.1) is 0 Å². The van der Waals surface area contributed by atoms with Gasteiger partial charge < -0.3 is 10.2 Å². The quantitative estimate of drug-likeness (QED) is 0.848. The van der Waals surface area contributed by atoms with Crippen LogP contribution in [0.25, 0.3) is 0 Å². The Morgan fingerprint density at radius 2 is 2.00 bits per heavy atom. The van der Waals surface area contributed by atoms with Crippen LogP contribution in [-0.2, 0) is 9.59 Å². The van der Waals surface area contributed by atoms with Gasteiger partial charge in [0.25, 0.3) is 0 Å². The van der Waals surface area contributed by atoms with Gasteiger partial charge >= 0.3 is 0 Å². The molecule has 2 fully saturated rings. The number of nitrogens with one attached hydrogen (secondary N) is 1. The number of hydrogen-bond donors (Lipinski definition) is 1. The molecule has 1 saturated carbocycles. The van der Waals surface area contributed by atoms with Crippen molar-refractivity contribution in [1.82, 2.24) is 10.2 Å². The third-order valence-corrected chi connectivity index (χ3v) is 4.59. The maximum atomic E-state index is 12.3. The van der Waals surface area contributed by atoms with Crippen molar-refractivity contribution in [2.45, 2.75) is 65.0 Å². The second-order valence-electron chi connectivity index (χ2n) is 6.42. The molecular weight excluding hydrogens is 240 g/mol. The highest BCUT2D eigenvalue weighted by Gasteiger charge is 2.36. The Kier molecular flexibility index (Phi) is 4.48. The molecule has 0 radical (unpaired) electrons. The summed E-state index contributed by atoms with van der Waals surface area (Å²) in [6.45, 7) is 6.80. The summed E-state index contributed by atoms with van der Waals surface area (Å²) < 4.78 is 0. The van der Waals surface area contributed by atoms with E-state index in [1.54, 1.807) is 0 Å². The SMILES string of the molecule is CC(C)N1C[C@H](C(=O)N[C@@H]2CCCC[C@H]2C)CC1=O. The molecule has 4 heteroatoms. The summed E-state index contributed by atoms with van der Waals surface area (Å²) >= 11 is 0. The van der Waals surface area contributed by atoms with E-state index in [1.807, 2.05) is 18.7 Å². The van der Waals surface area contributed by atoms with Crippen LogP contribution in [0.5, 0.6) is 0 Å². The van der Waals surface area contributed by atoms with Gasteiger partial charge in [0, 0.05) is 25.0 Å². The summed E-state index contributed by atoms with van der Waals surface area (Å²) in [5.41, 5.74) is 0. The van der Waals surface area contributed by atoms with Crippen LogP contribution in [-0.4, -0.2) is 35.3 Å². The highest BCUT2D eigenvalue weighted by atomic mass is 16.2. The van der Waals surface area contributed by atoms with Crippen molar-refractivity contribution in [3.8, 4) is 0 Å². The van der Waals surface area contributed by atoms with Crippen molar-refractivity contribution in [1.29, 1.82) is 0 Å². The van der Waals surface area contributed by atoms with E-state index in [0.29, 0.717) is 24.9 Å². The Morgan fingerprint density at radius 1 is 1.32 bits per heavy atom. The highest BCUT2D eigenvalue weighted by molar-refractivity contribution is 5.89. The predicted molar refractivity (Wildman–Crippen MR) is 74.5 cm³/mol. The number of hydrogen-bond acceptors (Lipinski definition) is 2. The monoisotopic (exact) mass is 266 g/mol. The Morgan fingerprint density at radius 3 is 2.58 bits per heavy atom. The molecule has 1 aliphatic carbocycles. The minimum atomic E-state index is -0.149. The van der Waals surface area contributed by atoms with Crippen molar-refractivity contribution >= 4 is 11.8 Å². The number of likely N-dealkylation sites (tertiary alicyclic amines) is 1. The first kappa shape index (κ1) is 14.4. The van der Waals surface area contributed by atoms with E-state index in [2.05, 4.69) is 12.2 Å². The third-order valence-electron chi connectivity index (χ3n) is 4.59. The van der Waals surface area contributed by atoms with Gasteiger partial charge in [0.2, 0.25) is 11.8 Å². The molecule has 0 aromatic heterocycles. The fourth-order valence-corrected chi connectivity index (χ4v) is 3.24. The Balaban J connectivity index is 1.89. The van der Waals surface area contributed by atoms with Crippen LogP contribution >= 0.6 is 0 Å². The zero-order valence-electron chi connectivity index (χ0n) is 12.3. The Bertz CT molecular complexity index is 354. The summed E-state index contributed by atoms with van der Waals surface area (Å²) in [5.74, 6) is 0.613. The first-order valence-electron chi connectivity index (χ1n) is 7.59. The lowest BCUT2D eigenvalue weighted by molar-refractivity contribution is -0.130. The lowest BCUT2D eigenvalue weighted by Crippen LogP contribution is -2.44. The number of amides is 2. The zero-order valence-corrected chi connectivity index (χ0v) is 12.3. The van der Waals surface area contributed by atoms with E-state index >= 15 is 0 Å². The van der Waals surface area contributed by atoms with E-state index in [4.69, 9.17) is 0 Å². The van der Waals surface area contributed by atoms with Crippen LogP contribution in [0.2, 0.25) is 0 Å². The summed E-state index contributed by atoms with van der Waals surface area (Å²) in [6, 6.07) is 0.503. The van der Waals surface area contributed by atoms with Crippen molar-refractivity contribution in [2.75, 3.05) is 6.54 Å². The molecule has 108 valence electrons. The Labute approximate surface area is 115 Å². The molecule has 0 unspecified atom stereocenters. The van der Waals surface area contributed by atoms with E-state index in [1.165, 1.54) is 19.3 Å². The van der Waals surface area contributed by atoms with Gasteiger partial charge in [-0.2, -0.15) is 0 Å². The van der Waals surface area contributed by atoms with Gasteiger partial charge in [0.05, 0.1) is 5.92 Å². The number of rotatable bonds is 3. The minimum absolute atomic E-state index is 0.0789. The molecule has 0 spiro atoms. The molecule has 2 aliphatic rings. The molecular formula is C15H26N2O2. The molecule has 3 atom stereocenters. The van der Waals surface area contributed by atoms with Crippen molar-refractivity contribution in [3.63, 3.8) is 0 Å². The number of carbonyl (C=O) groups is 2. The molecule has 0 aromatic carbocycles. The topological polar surface area (TPSA) is 49.4 Å². The molecule has 19 heavy (non-hydrogen) atoms. The van der Waals surface area contributed by atoms with Crippen LogP contribution in [0.4, 0.5) is 0 Å². The van der Waals surface area contributed by atoms with Gasteiger partial charge in [-0.1, -0.05) is 19.8 Å². The van der Waals surface area contributed by atoms with Crippen LogP contribution in [0.1, 0.15) is 52.9 Å². The Hall–Kier alpha value is -1.06. The molecule has 2 amide bonds. The van der Waals surface area contributed by atoms with Crippen molar-refractivity contribution in [2.24, 2.45) is 11.8 Å². The number of carbonyl (C=O) groups excluding carboxylic acids is 2. The van der Waals surface area contributed by atoms with Crippen molar-refractivity contribution in [3.05, 3.63) is 0 Å². The summed E-state index contributed by atoms with van der Waals surface area (Å²) in [4.78, 5) is 25.9. The average Bonchev–Trinajstić information content (AvgIpc) is 2.74. The normalized spacial score (nSPS) is 31.9. The first-order valence-corrected chi connectivity index (χ1v) is 7.59. The van der Waals surface area contributed by atoms with Gasteiger partial charge in [-0.05, 0) is 32.6 Å². The smallest absolute Gasteiger partial charge is 0.225 e. The first-order chi connectivity index (χ1) is 8.99. The molecule has 2 rings (SSSR count). The number of nitrogens with zero attached hydrogens (tertiary/aromatic N) is 1. The van der Waals surface area contributed by atoms with E-state index in [-0.39, 0.29) is 23.8 Å². The van der Waals surface area contributed by atoms with E-state index < -0.39 is 0 Å². The largest absolute Gasteiger partial charge is 0.353 e. The predicted octanol–water partition coefficient (Wildman–Crippen LogP) is 1.94. The van der Waals surface area contributed by atoms with Crippen LogP contribution in [0.15, 0.2) is 0 Å². The molecule has 4 nitrogen and oxygen atoms in total. The summed E-state index contributed by atoms with van der Waals surface area (Å²) in [5, 5.41) is 3.17. The van der Waals surface area contributed by atoms with E-state index in [9.17, 15) is 9.59 Å². The molecule has 1 aliphatic heterocycles. The van der Waals surface area contributed by atoms with Gasteiger partial charge in [-0.25, -0.2) is 0 Å². The average molecular weight is 266 g/mol. The molecule has 1 N–H and O–H groups in total. The molecule has 1 heterocycles. The van der Waals surface area contributed by atoms with Crippen LogP contribution in [0.3, 0.4) is 0 Å². The third kappa shape index (κ3) is 3.28. The minimum Gasteiger partial charge on any atom is -0.353 e.